The Balaban J connectivity index is 2.14. The quantitative estimate of drug-likeness (QED) is 0.782. The predicted octanol–water partition coefficient (Wildman–Crippen LogP) is 2.73. The molecule has 0 aliphatic carbocycles. The van der Waals surface area contributed by atoms with Crippen LogP contribution in [0.3, 0.4) is 0 Å². The molecular formula is C18H18N2O4. The Morgan fingerprint density at radius 2 is 1.62 bits per heavy atom. The standard InChI is InChI=1S/C18H18N2O4/c1-22-15-8-12(9-16(23-2)17(15)24-3)13-7-14-6-11(18(19)21)4-5-20(14)10-13/h4-10H,1-3H3,(H2,19,21). The van der Waals surface area contributed by atoms with Crippen molar-refractivity contribution in [3.8, 4) is 28.4 Å². The Morgan fingerprint density at radius 3 is 2.17 bits per heavy atom. The highest BCUT2D eigenvalue weighted by molar-refractivity contribution is 5.94. The highest BCUT2D eigenvalue weighted by Crippen LogP contribution is 2.41. The van der Waals surface area contributed by atoms with Crippen molar-refractivity contribution in [3.63, 3.8) is 0 Å². The van der Waals surface area contributed by atoms with Crippen molar-refractivity contribution in [2.24, 2.45) is 5.73 Å². The zero-order valence-corrected chi connectivity index (χ0v) is 13.7. The lowest BCUT2D eigenvalue weighted by molar-refractivity contribution is 0.100. The van der Waals surface area contributed by atoms with E-state index < -0.39 is 5.91 Å². The molecule has 0 aliphatic heterocycles. The van der Waals surface area contributed by atoms with Crippen LogP contribution >= 0.6 is 0 Å². The molecule has 0 bridgehead atoms. The van der Waals surface area contributed by atoms with E-state index in [4.69, 9.17) is 19.9 Å². The molecule has 0 spiro atoms. The highest BCUT2D eigenvalue weighted by atomic mass is 16.5. The second-order valence-corrected chi connectivity index (χ2v) is 5.25. The molecule has 3 aromatic rings. The van der Waals surface area contributed by atoms with Gasteiger partial charge in [0.25, 0.3) is 0 Å². The third-order valence-electron chi connectivity index (χ3n) is 3.88. The second kappa shape index (κ2) is 6.16. The number of hydrogen-bond donors (Lipinski definition) is 1. The number of carbonyl (C=O) groups is 1. The molecule has 6 nitrogen and oxygen atoms in total. The molecule has 0 saturated carbocycles. The van der Waals surface area contributed by atoms with E-state index in [1.54, 1.807) is 39.7 Å². The number of aromatic nitrogens is 1. The van der Waals surface area contributed by atoms with E-state index in [0.717, 1.165) is 16.6 Å². The zero-order valence-electron chi connectivity index (χ0n) is 13.7. The number of primary amides is 1. The number of hydrogen-bond acceptors (Lipinski definition) is 4. The lowest BCUT2D eigenvalue weighted by atomic mass is 10.1. The molecule has 0 aliphatic rings. The number of rotatable bonds is 5. The van der Waals surface area contributed by atoms with E-state index in [1.807, 2.05) is 28.8 Å². The summed E-state index contributed by atoms with van der Waals surface area (Å²) in [6.07, 6.45) is 3.76. The molecule has 124 valence electrons. The fourth-order valence-electron chi connectivity index (χ4n) is 2.67. The van der Waals surface area contributed by atoms with Gasteiger partial charge in [0.1, 0.15) is 0 Å². The maximum Gasteiger partial charge on any atom is 0.248 e. The van der Waals surface area contributed by atoms with Crippen molar-refractivity contribution in [2.75, 3.05) is 21.3 Å². The van der Waals surface area contributed by atoms with E-state index in [-0.39, 0.29) is 0 Å². The molecule has 3 rings (SSSR count). The molecule has 6 heteroatoms. The van der Waals surface area contributed by atoms with Crippen molar-refractivity contribution < 1.29 is 19.0 Å². The molecule has 2 heterocycles. The molecule has 0 saturated heterocycles. The van der Waals surface area contributed by atoms with Gasteiger partial charge in [-0.1, -0.05) is 0 Å². The number of carbonyl (C=O) groups excluding carboxylic acids is 1. The highest BCUT2D eigenvalue weighted by Gasteiger charge is 2.15. The molecule has 0 unspecified atom stereocenters. The normalized spacial score (nSPS) is 10.6. The molecule has 0 atom stereocenters. The SMILES string of the molecule is COc1cc(-c2cc3cc(C(N)=O)ccn3c2)cc(OC)c1OC. The molecular weight excluding hydrogens is 308 g/mol. The first-order valence-corrected chi connectivity index (χ1v) is 7.29. The van der Waals surface area contributed by atoms with E-state index in [9.17, 15) is 4.79 Å². The molecule has 2 aromatic heterocycles. The Kier molecular flexibility index (Phi) is 4.04. The van der Waals surface area contributed by atoms with Gasteiger partial charge in [0.05, 0.1) is 21.3 Å². The maximum atomic E-state index is 11.3. The van der Waals surface area contributed by atoms with E-state index >= 15 is 0 Å². The first-order valence-electron chi connectivity index (χ1n) is 7.29. The van der Waals surface area contributed by atoms with Gasteiger partial charge in [-0.3, -0.25) is 4.79 Å². The van der Waals surface area contributed by atoms with Gasteiger partial charge in [0, 0.05) is 29.0 Å². The third-order valence-corrected chi connectivity index (χ3v) is 3.88. The van der Waals surface area contributed by atoms with Crippen LogP contribution in [-0.2, 0) is 0 Å². The Morgan fingerprint density at radius 1 is 0.958 bits per heavy atom. The minimum Gasteiger partial charge on any atom is -0.493 e. The minimum atomic E-state index is -0.451. The molecule has 0 radical (unpaired) electrons. The second-order valence-electron chi connectivity index (χ2n) is 5.25. The summed E-state index contributed by atoms with van der Waals surface area (Å²) in [6.45, 7) is 0. The Labute approximate surface area is 139 Å². The van der Waals surface area contributed by atoms with Gasteiger partial charge in [-0.15, -0.1) is 0 Å². The minimum absolute atomic E-state index is 0.451. The number of amides is 1. The summed E-state index contributed by atoms with van der Waals surface area (Å²) in [5.74, 6) is 1.26. The number of fused-ring (bicyclic) bond motifs is 1. The topological polar surface area (TPSA) is 75.2 Å². The Bertz CT molecular complexity index is 890. The molecule has 1 aromatic carbocycles. The number of benzene rings is 1. The monoisotopic (exact) mass is 326 g/mol. The van der Waals surface area contributed by atoms with Crippen molar-refractivity contribution in [3.05, 3.63) is 48.3 Å². The van der Waals surface area contributed by atoms with Crippen LogP contribution in [0, 0.1) is 0 Å². The summed E-state index contributed by atoms with van der Waals surface area (Å²) in [6, 6.07) is 9.17. The van der Waals surface area contributed by atoms with Crippen LogP contribution in [0.1, 0.15) is 10.4 Å². The summed E-state index contributed by atoms with van der Waals surface area (Å²) in [7, 11) is 4.73. The van der Waals surface area contributed by atoms with Gasteiger partial charge in [0.2, 0.25) is 11.7 Å². The lowest BCUT2D eigenvalue weighted by Gasteiger charge is -2.13. The van der Waals surface area contributed by atoms with E-state index in [1.165, 1.54) is 0 Å². The van der Waals surface area contributed by atoms with Crippen molar-refractivity contribution in [1.29, 1.82) is 0 Å². The van der Waals surface area contributed by atoms with Crippen molar-refractivity contribution in [1.82, 2.24) is 4.40 Å². The fraction of sp³-hybridized carbons (Fsp3) is 0.167. The van der Waals surface area contributed by atoms with Crippen LogP contribution in [0.2, 0.25) is 0 Å². The largest absolute Gasteiger partial charge is 0.493 e. The summed E-state index contributed by atoms with van der Waals surface area (Å²) in [5, 5.41) is 0. The van der Waals surface area contributed by atoms with Crippen molar-refractivity contribution >= 4 is 11.4 Å². The van der Waals surface area contributed by atoms with Crippen LogP contribution in [0.5, 0.6) is 17.2 Å². The van der Waals surface area contributed by atoms with Crippen LogP contribution in [0.15, 0.2) is 42.7 Å². The molecule has 2 N–H and O–H groups in total. The van der Waals surface area contributed by atoms with Crippen LogP contribution in [-0.4, -0.2) is 31.6 Å². The van der Waals surface area contributed by atoms with Crippen LogP contribution in [0.4, 0.5) is 0 Å². The van der Waals surface area contributed by atoms with Crippen molar-refractivity contribution in [2.45, 2.75) is 0 Å². The number of ether oxygens (including phenoxy) is 3. The van der Waals surface area contributed by atoms with Gasteiger partial charge in [-0.05, 0) is 35.9 Å². The lowest BCUT2D eigenvalue weighted by Crippen LogP contribution is -2.10. The number of nitrogens with zero attached hydrogens (tertiary/aromatic N) is 1. The van der Waals surface area contributed by atoms with Gasteiger partial charge in [0.15, 0.2) is 11.5 Å². The predicted molar refractivity (Wildman–Crippen MR) is 91.0 cm³/mol. The fourth-order valence-corrected chi connectivity index (χ4v) is 2.67. The average molecular weight is 326 g/mol. The summed E-state index contributed by atoms with van der Waals surface area (Å²) in [4.78, 5) is 11.3. The van der Waals surface area contributed by atoms with Gasteiger partial charge < -0.3 is 24.3 Å². The zero-order chi connectivity index (χ0) is 17.3. The first kappa shape index (κ1) is 15.7. The maximum absolute atomic E-state index is 11.3. The Hall–Kier alpha value is -3.15. The van der Waals surface area contributed by atoms with Gasteiger partial charge >= 0.3 is 0 Å². The van der Waals surface area contributed by atoms with E-state index in [2.05, 4.69) is 0 Å². The first-order chi connectivity index (χ1) is 11.6. The van der Waals surface area contributed by atoms with Gasteiger partial charge in [-0.2, -0.15) is 0 Å². The number of pyridine rings is 1. The van der Waals surface area contributed by atoms with E-state index in [0.29, 0.717) is 22.8 Å². The number of nitrogens with two attached hydrogens (primary N) is 1. The van der Waals surface area contributed by atoms with Crippen LogP contribution < -0.4 is 19.9 Å². The third kappa shape index (κ3) is 2.62. The summed E-state index contributed by atoms with van der Waals surface area (Å²) >= 11 is 0. The smallest absolute Gasteiger partial charge is 0.248 e. The number of methoxy groups -OCH3 is 3. The summed E-state index contributed by atoms with van der Waals surface area (Å²) in [5.41, 5.74) is 8.54. The molecule has 0 fully saturated rings. The molecule has 1 amide bonds. The summed E-state index contributed by atoms with van der Waals surface area (Å²) < 4.78 is 18.1. The van der Waals surface area contributed by atoms with Gasteiger partial charge in [-0.25, -0.2) is 0 Å². The molecule has 24 heavy (non-hydrogen) atoms. The average Bonchev–Trinajstić information content (AvgIpc) is 3.03. The van der Waals surface area contributed by atoms with Crippen LogP contribution in [0.25, 0.3) is 16.6 Å².